The molecule has 0 bridgehead atoms. The Labute approximate surface area is 126 Å². The first kappa shape index (κ1) is 14.1. The molecule has 3 nitrogen and oxygen atoms in total. The molecule has 0 N–H and O–H groups in total. The van der Waals surface area contributed by atoms with Gasteiger partial charge in [-0.05, 0) is 43.6 Å². The van der Waals surface area contributed by atoms with Crippen molar-refractivity contribution >= 4 is 5.91 Å². The van der Waals surface area contributed by atoms with E-state index in [9.17, 15) is 10.1 Å². The molecule has 1 saturated heterocycles. The molecular weight excluding hydrogens is 260 g/mol. The number of fused-ring (bicyclic) bond motifs is 1. The number of hydrogen-bond donors (Lipinski definition) is 0. The largest absolute Gasteiger partial charge is 0.338 e. The van der Waals surface area contributed by atoms with E-state index in [0.29, 0.717) is 18.4 Å². The number of nitrogens with zero attached hydrogens (tertiary/aromatic N) is 2. The number of likely N-dealkylation sites (tertiary alicyclic amines) is 1. The van der Waals surface area contributed by atoms with Crippen molar-refractivity contribution in [2.45, 2.75) is 44.6 Å². The smallest absolute Gasteiger partial charge is 0.240 e. The molecule has 2 aliphatic rings. The standard InChI is InChI=1S/C18H22N2O/c19-13-16(12-14-6-2-1-3-7-14)18(21)20-11-5-9-15-8-4-10-17(15)20/h1-3,6-7,15-17H,4-5,8-12H2. The summed E-state index contributed by atoms with van der Waals surface area (Å²) in [6.07, 6.45) is 6.49. The van der Waals surface area contributed by atoms with E-state index in [0.717, 1.165) is 24.9 Å². The van der Waals surface area contributed by atoms with Crippen LogP contribution in [0, 0.1) is 23.2 Å². The highest BCUT2D eigenvalue weighted by Crippen LogP contribution is 2.37. The molecule has 1 aromatic rings. The molecule has 110 valence electrons. The van der Waals surface area contributed by atoms with Gasteiger partial charge in [0.25, 0.3) is 0 Å². The van der Waals surface area contributed by atoms with Gasteiger partial charge in [0.05, 0.1) is 6.07 Å². The van der Waals surface area contributed by atoms with Crippen LogP contribution in [0.25, 0.3) is 0 Å². The lowest BCUT2D eigenvalue weighted by Gasteiger charge is -2.38. The summed E-state index contributed by atoms with van der Waals surface area (Å²) >= 11 is 0. The summed E-state index contributed by atoms with van der Waals surface area (Å²) in [6.45, 7) is 0.840. The van der Waals surface area contributed by atoms with Gasteiger partial charge in [0.2, 0.25) is 5.91 Å². The number of benzene rings is 1. The lowest BCUT2D eigenvalue weighted by atomic mass is 9.90. The number of carbonyl (C=O) groups is 1. The van der Waals surface area contributed by atoms with Gasteiger partial charge >= 0.3 is 0 Å². The quantitative estimate of drug-likeness (QED) is 0.854. The molecule has 1 aliphatic carbocycles. The van der Waals surface area contributed by atoms with Gasteiger partial charge in [0, 0.05) is 12.6 Å². The first-order valence-corrected chi connectivity index (χ1v) is 8.03. The average Bonchev–Trinajstić information content (AvgIpc) is 3.01. The normalized spacial score (nSPS) is 26.0. The maximum absolute atomic E-state index is 12.8. The van der Waals surface area contributed by atoms with Crippen LogP contribution in [0.15, 0.2) is 30.3 Å². The van der Waals surface area contributed by atoms with Crippen molar-refractivity contribution in [1.82, 2.24) is 4.90 Å². The molecule has 0 radical (unpaired) electrons. The van der Waals surface area contributed by atoms with E-state index in [1.165, 1.54) is 19.3 Å². The van der Waals surface area contributed by atoms with E-state index in [2.05, 4.69) is 6.07 Å². The summed E-state index contributed by atoms with van der Waals surface area (Å²) in [6, 6.07) is 12.5. The third kappa shape index (κ3) is 2.95. The number of hydrogen-bond acceptors (Lipinski definition) is 2. The summed E-state index contributed by atoms with van der Waals surface area (Å²) in [5.74, 6) is 0.198. The lowest BCUT2D eigenvalue weighted by molar-refractivity contribution is -0.138. The van der Waals surface area contributed by atoms with E-state index in [1.54, 1.807) is 0 Å². The average molecular weight is 282 g/mol. The zero-order valence-corrected chi connectivity index (χ0v) is 12.4. The Balaban J connectivity index is 1.71. The predicted molar refractivity (Wildman–Crippen MR) is 81.3 cm³/mol. The molecule has 1 saturated carbocycles. The van der Waals surface area contributed by atoms with Gasteiger partial charge < -0.3 is 4.90 Å². The van der Waals surface area contributed by atoms with Crippen LogP contribution in [0.4, 0.5) is 0 Å². The Kier molecular flexibility index (Phi) is 4.24. The highest BCUT2D eigenvalue weighted by atomic mass is 16.2. The van der Waals surface area contributed by atoms with E-state index >= 15 is 0 Å². The molecule has 1 aliphatic heterocycles. The highest BCUT2D eigenvalue weighted by Gasteiger charge is 2.39. The molecule has 0 aromatic heterocycles. The van der Waals surface area contributed by atoms with Gasteiger partial charge in [-0.25, -0.2) is 0 Å². The number of nitriles is 1. The van der Waals surface area contributed by atoms with Crippen molar-refractivity contribution in [3.63, 3.8) is 0 Å². The van der Waals surface area contributed by atoms with E-state index in [4.69, 9.17) is 0 Å². The second kappa shape index (κ2) is 6.30. The van der Waals surface area contributed by atoms with Gasteiger partial charge in [0.15, 0.2) is 0 Å². The van der Waals surface area contributed by atoms with Crippen LogP contribution in [-0.4, -0.2) is 23.4 Å². The van der Waals surface area contributed by atoms with Crippen LogP contribution in [-0.2, 0) is 11.2 Å². The minimum absolute atomic E-state index is 0.0537. The van der Waals surface area contributed by atoms with Crippen LogP contribution in [0.1, 0.15) is 37.7 Å². The third-order valence-corrected chi connectivity index (χ3v) is 5.01. The predicted octanol–water partition coefficient (Wildman–Crippen LogP) is 3.16. The van der Waals surface area contributed by atoms with E-state index < -0.39 is 5.92 Å². The van der Waals surface area contributed by atoms with Crippen molar-refractivity contribution in [1.29, 1.82) is 5.26 Å². The summed E-state index contributed by atoms with van der Waals surface area (Å²) < 4.78 is 0. The Morgan fingerprint density at radius 1 is 1.24 bits per heavy atom. The Morgan fingerprint density at radius 2 is 2.00 bits per heavy atom. The molecule has 21 heavy (non-hydrogen) atoms. The summed E-state index contributed by atoms with van der Waals surface area (Å²) in [7, 11) is 0. The third-order valence-electron chi connectivity index (χ3n) is 5.01. The van der Waals surface area contributed by atoms with Gasteiger partial charge in [-0.3, -0.25) is 4.79 Å². The molecule has 3 rings (SSSR count). The number of rotatable bonds is 3. The minimum atomic E-state index is -0.535. The van der Waals surface area contributed by atoms with Crippen molar-refractivity contribution in [3.8, 4) is 6.07 Å². The zero-order chi connectivity index (χ0) is 14.7. The van der Waals surface area contributed by atoms with Crippen molar-refractivity contribution in [3.05, 3.63) is 35.9 Å². The first-order chi connectivity index (χ1) is 10.3. The van der Waals surface area contributed by atoms with Gasteiger partial charge in [-0.15, -0.1) is 0 Å². The summed E-state index contributed by atoms with van der Waals surface area (Å²) in [4.78, 5) is 14.8. The molecule has 1 amide bonds. The fourth-order valence-electron chi connectivity index (χ4n) is 3.97. The van der Waals surface area contributed by atoms with Crippen LogP contribution in [0.2, 0.25) is 0 Å². The molecule has 2 fully saturated rings. The fraction of sp³-hybridized carbons (Fsp3) is 0.556. The Hall–Kier alpha value is -1.82. The molecule has 0 spiro atoms. The second-order valence-electron chi connectivity index (χ2n) is 6.30. The van der Waals surface area contributed by atoms with Crippen LogP contribution in [0.3, 0.4) is 0 Å². The van der Waals surface area contributed by atoms with Crippen LogP contribution in [0.5, 0.6) is 0 Å². The van der Waals surface area contributed by atoms with E-state index in [-0.39, 0.29) is 5.91 Å². The maximum atomic E-state index is 12.8. The fourth-order valence-corrected chi connectivity index (χ4v) is 3.97. The molecule has 3 atom stereocenters. The zero-order valence-electron chi connectivity index (χ0n) is 12.4. The van der Waals surface area contributed by atoms with Gasteiger partial charge in [-0.2, -0.15) is 5.26 Å². The molecule has 3 unspecified atom stereocenters. The lowest BCUT2D eigenvalue weighted by Crippen LogP contribution is -2.48. The molecule has 1 heterocycles. The summed E-state index contributed by atoms with van der Waals surface area (Å²) in [5, 5.41) is 9.43. The topological polar surface area (TPSA) is 44.1 Å². The highest BCUT2D eigenvalue weighted by molar-refractivity contribution is 5.82. The molecule has 1 aromatic carbocycles. The van der Waals surface area contributed by atoms with Crippen molar-refractivity contribution in [2.75, 3.05) is 6.54 Å². The number of carbonyl (C=O) groups excluding carboxylic acids is 1. The van der Waals surface area contributed by atoms with Crippen LogP contribution >= 0.6 is 0 Å². The Morgan fingerprint density at radius 3 is 2.76 bits per heavy atom. The number of piperidine rings is 1. The number of amides is 1. The molecular formula is C18H22N2O. The van der Waals surface area contributed by atoms with Gasteiger partial charge in [0.1, 0.15) is 5.92 Å². The monoisotopic (exact) mass is 282 g/mol. The SMILES string of the molecule is N#CC(Cc1ccccc1)C(=O)N1CCCC2CCCC21. The van der Waals surface area contributed by atoms with Crippen LogP contribution < -0.4 is 0 Å². The van der Waals surface area contributed by atoms with E-state index in [1.807, 2.05) is 35.2 Å². The maximum Gasteiger partial charge on any atom is 0.240 e. The first-order valence-electron chi connectivity index (χ1n) is 8.03. The Bertz CT molecular complexity index is 534. The molecule has 3 heteroatoms. The minimum Gasteiger partial charge on any atom is -0.338 e. The van der Waals surface area contributed by atoms with Crippen molar-refractivity contribution in [2.24, 2.45) is 11.8 Å². The second-order valence-corrected chi connectivity index (χ2v) is 6.30. The van der Waals surface area contributed by atoms with Gasteiger partial charge in [-0.1, -0.05) is 36.8 Å². The summed E-state index contributed by atoms with van der Waals surface area (Å²) in [5.41, 5.74) is 1.07. The van der Waals surface area contributed by atoms with Crippen molar-refractivity contribution < 1.29 is 4.79 Å².